The number of nitrogens with zero attached hydrogens (tertiary/aromatic N) is 4. The average molecular weight is 594 g/mol. The first-order valence-corrected chi connectivity index (χ1v) is 10.8. The van der Waals surface area contributed by atoms with Crippen molar-refractivity contribution >= 4 is 35.3 Å². The highest BCUT2D eigenvalue weighted by Gasteiger charge is 2.27. The SMILES string of the molecule is Cc1nc(C)c(C)nc1C.O.O.O=C(O)c1cccc([N+](=O)[O-])c1C(=O)O.O=C(O)c1cccc([N+](=O)[O-])c1C(=O)O. The molecule has 2 aromatic carbocycles. The molecule has 0 radical (unpaired) electrons. The molecule has 0 aliphatic carbocycles. The summed E-state index contributed by atoms with van der Waals surface area (Å²) in [5, 5.41) is 55.5. The Labute approximate surface area is 235 Å². The number of aromatic carboxylic acids is 4. The summed E-state index contributed by atoms with van der Waals surface area (Å²) in [5.41, 5.74) is -0.166. The fraction of sp³-hybridized carbons (Fsp3) is 0.167. The predicted molar refractivity (Wildman–Crippen MR) is 142 cm³/mol. The summed E-state index contributed by atoms with van der Waals surface area (Å²) in [6.07, 6.45) is 0. The number of nitro groups is 2. The minimum Gasteiger partial charge on any atom is -0.478 e. The van der Waals surface area contributed by atoms with Crippen LogP contribution in [0.1, 0.15) is 64.2 Å². The summed E-state index contributed by atoms with van der Waals surface area (Å²) < 4.78 is 0. The van der Waals surface area contributed by atoms with Gasteiger partial charge in [-0.25, -0.2) is 19.2 Å². The molecule has 0 bridgehead atoms. The van der Waals surface area contributed by atoms with Gasteiger partial charge in [0.25, 0.3) is 11.4 Å². The molecule has 0 amide bonds. The van der Waals surface area contributed by atoms with Crippen molar-refractivity contribution < 1.29 is 60.4 Å². The van der Waals surface area contributed by atoms with Gasteiger partial charge in [-0.1, -0.05) is 12.1 Å². The lowest BCUT2D eigenvalue weighted by Gasteiger charge is -2.01. The lowest BCUT2D eigenvalue weighted by molar-refractivity contribution is -0.385. The van der Waals surface area contributed by atoms with Crippen molar-refractivity contribution in [1.82, 2.24) is 9.97 Å². The summed E-state index contributed by atoms with van der Waals surface area (Å²) in [5.74, 6) is -6.31. The summed E-state index contributed by atoms with van der Waals surface area (Å²) in [4.78, 5) is 70.2. The van der Waals surface area contributed by atoms with Crippen LogP contribution in [0.2, 0.25) is 0 Å². The Balaban J connectivity index is 0. The largest absolute Gasteiger partial charge is 0.478 e. The Kier molecular flexibility index (Phi) is 14.8. The molecule has 0 saturated heterocycles. The van der Waals surface area contributed by atoms with E-state index in [4.69, 9.17) is 20.4 Å². The Morgan fingerprint density at radius 1 is 0.571 bits per heavy atom. The fourth-order valence-corrected chi connectivity index (χ4v) is 3.02. The molecular weight excluding hydrogens is 568 g/mol. The minimum atomic E-state index is -1.64. The van der Waals surface area contributed by atoms with Crippen LogP contribution in [-0.2, 0) is 0 Å². The van der Waals surface area contributed by atoms with E-state index in [0.29, 0.717) is 0 Å². The van der Waals surface area contributed by atoms with Gasteiger partial charge < -0.3 is 31.4 Å². The maximum Gasteiger partial charge on any atom is 0.343 e. The first-order valence-electron chi connectivity index (χ1n) is 10.8. The van der Waals surface area contributed by atoms with Gasteiger partial charge in [-0.2, -0.15) is 0 Å². The first kappa shape index (κ1) is 38.3. The molecular formula is C24H26N4O14. The first-order chi connectivity index (χ1) is 18.5. The fourth-order valence-electron chi connectivity index (χ4n) is 3.02. The number of aryl methyl sites for hydroxylation is 4. The normalized spacial score (nSPS) is 9.24. The molecule has 1 heterocycles. The average Bonchev–Trinajstić information content (AvgIpc) is 2.87. The molecule has 8 N–H and O–H groups in total. The van der Waals surface area contributed by atoms with E-state index < -0.39 is 67.4 Å². The predicted octanol–water partition coefficient (Wildman–Crippen LogP) is 2.04. The van der Waals surface area contributed by atoms with Crippen molar-refractivity contribution in [3.63, 3.8) is 0 Å². The van der Waals surface area contributed by atoms with Crippen LogP contribution in [0.25, 0.3) is 0 Å². The Bertz CT molecular complexity index is 1320. The second-order valence-corrected chi connectivity index (χ2v) is 7.70. The molecule has 42 heavy (non-hydrogen) atoms. The number of rotatable bonds is 6. The molecule has 3 aromatic rings. The van der Waals surface area contributed by atoms with Crippen LogP contribution in [-0.4, -0.2) is 75.1 Å². The van der Waals surface area contributed by atoms with E-state index in [1.54, 1.807) is 0 Å². The lowest BCUT2D eigenvalue weighted by Crippen LogP contribution is -2.10. The molecule has 18 heteroatoms. The van der Waals surface area contributed by atoms with Gasteiger partial charge in [-0.3, -0.25) is 30.2 Å². The van der Waals surface area contributed by atoms with Crippen molar-refractivity contribution in [1.29, 1.82) is 0 Å². The van der Waals surface area contributed by atoms with Crippen LogP contribution in [0.3, 0.4) is 0 Å². The van der Waals surface area contributed by atoms with Crippen LogP contribution in [0.15, 0.2) is 36.4 Å². The molecule has 0 atom stereocenters. The van der Waals surface area contributed by atoms with Gasteiger partial charge in [-0.05, 0) is 39.8 Å². The summed E-state index contributed by atoms with van der Waals surface area (Å²) in [7, 11) is 0. The third-order valence-electron chi connectivity index (χ3n) is 5.08. The van der Waals surface area contributed by atoms with Crippen molar-refractivity contribution in [2.24, 2.45) is 0 Å². The zero-order valence-electron chi connectivity index (χ0n) is 22.3. The van der Waals surface area contributed by atoms with Gasteiger partial charge in [-0.15, -0.1) is 0 Å². The molecule has 0 saturated carbocycles. The summed E-state index contributed by atoms with van der Waals surface area (Å²) >= 11 is 0. The van der Waals surface area contributed by atoms with Crippen LogP contribution in [0.5, 0.6) is 0 Å². The Morgan fingerprint density at radius 2 is 0.833 bits per heavy atom. The monoisotopic (exact) mass is 594 g/mol. The second kappa shape index (κ2) is 16.3. The molecule has 0 spiro atoms. The highest BCUT2D eigenvalue weighted by molar-refractivity contribution is 6.05. The highest BCUT2D eigenvalue weighted by Crippen LogP contribution is 2.23. The van der Waals surface area contributed by atoms with E-state index in [0.717, 1.165) is 59.2 Å². The number of hydrogen-bond acceptors (Lipinski definition) is 10. The molecule has 0 aliphatic heterocycles. The van der Waals surface area contributed by atoms with Gasteiger partial charge in [0.2, 0.25) is 0 Å². The standard InChI is InChI=1S/C8H12N2.2C8H5NO6.2H2O/c1-5-6(2)10-8(4)7(3)9-5;2*10-7(11)4-2-1-3-5(9(14)15)6(4)8(12)13;;/h1-4H3;2*1-3H,(H,10,11)(H,12,13);2*1H2. The van der Waals surface area contributed by atoms with Gasteiger partial charge in [0, 0.05) is 12.1 Å². The Hall–Kier alpha value is -5.88. The van der Waals surface area contributed by atoms with E-state index in [9.17, 15) is 39.4 Å². The van der Waals surface area contributed by atoms with E-state index >= 15 is 0 Å². The third kappa shape index (κ3) is 9.70. The van der Waals surface area contributed by atoms with Crippen LogP contribution in [0.4, 0.5) is 11.4 Å². The number of hydrogen-bond donors (Lipinski definition) is 4. The Morgan fingerprint density at radius 3 is 1.02 bits per heavy atom. The van der Waals surface area contributed by atoms with Gasteiger partial charge in [0.15, 0.2) is 11.1 Å². The maximum atomic E-state index is 10.7. The van der Waals surface area contributed by atoms with Crippen molar-refractivity contribution in [3.05, 3.63) is 102 Å². The van der Waals surface area contributed by atoms with Crippen LogP contribution in [0, 0.1) is 47.9 Å². The van der Waals surface area contributed by atoms with Gasteiger partial charge in [0.1, 0.15) is 0 Å². The number of nitro benzene ring substituents is 2. The molecule has 0 unspecified atom stereocenters. The van der Waals surface area contributed by atoms with E-state index in [1.165, 1.54) is 0 Å². The van der Waals surface area contributed by atoms with Crippen molar-refractivity contribution in [2.45, 2.75) is 27.7 Å². The number of benzene rings is 2. The topological polar surface area (TPSA) is 324 Å². The summed E-state index contributed by atoms with van der Waals surface area (Å²) in [6.45, 7) is 7.92. The van der Waals surface area contributed by atoms with Crippen molar-refractivity contribution in [3.8, 4) is 0 Å². The number of carboxylic acids is 4. The molecule has 0 fully saturated rings. The zero-order chi connectivity index (χ0) is 30.9. The summed E-state index contributed by atoms with van der Waals surface area (Å²) in [6, 6.07) is 6.12. The number of carbonyl (C=O) groups is 4. The second-order valence-electron chi connectivity index (χ2n) is 7.70. The molecule has 18 nitrogen and oxygen atoms in total. The maximum absolute atomic E-state index is 10.7. The van der Waals surface area contributed by atoms with E-state index in [-0.39, 0.29) is 11.0 Å². The highest BCUT2D eigenvalue weighted by atomic mass is 16.6. The zero-order valence-corrected chi connectivity index (χ0v) is 22.3. The molecule has 3 rings (SSSR count). The number of aromatic nitrogens is 2. The van der Waals surface area contributed by atoms with Crippen molar-refractivity contribution in [2.75, 3.05) is 0 Å². The van der Waals surface area contributed by atoms with E-state index in [1.807, 2.05) is 27.7 Å². The molecule has 1 aromatic heterocycles. The molecule has 0 aliphatic rings. The van der Waals surface area contributed by atoms with Gasteiger partial charge in [0.05, 0.1) is 43.7 Å². The smallest absolute Gasteiger partial charge is 0.343 e. The van der Waals surface area contributed by atoms with Crippen LogP contribution < -0.4 is 0 Å². The van der Waals surface area contributed by atoms with Gasteiger partial charge >= 0.3 is 23.9 Å². The number of carboxylic acid groups (broad SMARTS) is 4. The molecule has 226 valence electrons. The minimum absolute atomic E-state index is 0. The third-order valence-corrected chi connectivity index (χ3v) is 5.08. The van der Waals surface area contributed by atoms with E-state index in [2.05, 4.69) is 9.97 Å². The van der Waals surface area contributed by atoms with Crippen LogP contribution >= 0.6 is 0 Å². The quantitative estimate of drug-likeness (QED) is 0.234. The lowest BCUT2D eigenvalue weighted by atomic mass is 10.1.